The molecule has 3 aliphatic rings. The highest BCUT2D eigenvalue weighted by molar-refractivity contribution is 7.75. The fourth-order valence-corrected chi connectivity index (χ4v) is 3.85. The van der Waals surface area contributed by atoms with Crippen LogP contribution in [0.15, 0.2) is 0 Å². The second-order valence-corrected chi connectivity index (χ2v) is 5.45. The summed E-state index contributed by atoms with van der Waals surface area (Å²) >= 11 is 4.05. The van der Waals surface area contributed by atoms with Crippen LogP contribution >= 0.6 is 12.9 Å². The van der Waals surface area contributed by atoms with E-state index in [0.29, 0.717) is 0 Å². The third-order valence-electron chi connectivity index (χ3n) is 4.72. The second kappa shape index (κ2) is 3.16. The van der Waals surface area contributed by atoms with Crippen LogP contribution in [0.2, 0.25) is 0 Å². The van der Waals surface area contributed by atoms with Gasteiger partial charge in [-0.3, -0.25) is 0 Å². The summed E-state index contributed by atoms with van der Waals surface area (Å²) in [6.07, 6.45) is 3.96. The van der Waals surface area contributed by atoms with Crippen molar-refractivity contribution in [1.29, 1.82) is 0 Å². The van der Waals surface area contributed by atoms with E-state index in [4.69, 9.17) is 4.18 Å². The maximum Gasteiger partial charge on any atom is 0.0831 e. The molecule has 0 heterocycles. The monoisotopic (exact) mass is 200 g/mol. The number of hydrogen-bond donors (Lipinski definition) is 1. The van der Waals surface area contributed by atoms with Gasteiger partial charge in [0.2, 0.25) is 0 Å². The molecule has 0 spiro atoms. The largest absolute Gasteiger partial charge is 0.312 e. The van der Waals surface area contributed by atoms with Crippen LogP contribution in [0.3, 0.4) is 0 Å². The normalized spacial score (nSPS) is 55.4. The molecule has 3 saturated carbocycles. The predicted octanol–water partition coefficient (Wildman–Crippen LogP) is 3.31. The Morgan fingerprint density at radius 3 is 2.46 bits per heavy atom. The molecule has 0 aliphatic heterocycles. The Kier molecular flexibility index (Phi) is 2.40. The maximum absolute atomic E-state index is 5.43. The predicted molar refractivity (Wildman–Crippen MR) is 57.6 cm³/mol. The molecule has 0 N–H and O–H groups in total. The number of thiol groups is 1. The molecule has 1 nitrogen and oxygen atoms in total. The minimum absolute atomic E-state index is 0.0535. The second-order valence-electron chi connectivity index (χ2n) is 5.27. The van der Waals surface area contributed by atoms with Gasteiger partial charge in [0.15, 0.2) is 0 Å². The van der Waals surface area contributed by atoms with E-state index in [1.165, 1.54) is 19.3 Å². The molecule has 0 amide bonds. The highest BCUT2D eigenvalue weighted by atomic mass is 32.1. The number of fused-ring (bicyclic) bond motifs is 3. The van der Waals surface area contributed by atoms with Crippen LogP contribution in [0.1, 0.15) is 40.0 Å². The molecule has 3 fully saturated rings. The zero-order chi connectivity index (χ0) is 9.64. The highest BCUT2D eigenvalue weighted by Crippen LogP contribution is 2.54. The van der Waals surface area contributed by atoms with E-state index in [-0.39, 0.29) is 5.60 Å². The van der Waals surface area contributed by atoms with Crippen LogP contribution in [0.5, 0.6) is 0 Å². The van der Waals surface area contributed by atoms with Crippen molar-refractivity contribution in [3.8, 4) is 0 Å². The van der Waals surface area contributed by atoms with Gasteiger partial charge in [0, 0.05) is 0 Å². The van der Waals surface area contributed by atoms with Gasteiger partial charge in [-0.2, -0.15) is 0 Å². The van der Waals surface area contributed by atoms with Gasteiger partial charge in [0.05, 0.1) is 5.60 Å². The molecule has 0 saturated heterocycles. The van der Waals surface area contributed by atoms with E-state index >= 15 is 0 Å². The summed E-state index contributed by atoms with van der Waals surface area (Å²) < 4.78 is 5.43. The smallest absolute Gasteiger partial charge is 0.0831 e. The Labute approximate surface area is 86.9 Å². The molecule has 0 aromatic heterocycles. The molecule has 0 aromatic carbocycles. The van der Waals surface area contributed by atoms with Crippen LogP contribution in [0.25, 0.3) is 0 Å². The van der Waals surface area contributed by atoms with Gasteiger partial charge in [-0.25, -0.2) is 0 Å². The first-order valence-corrected chi connectivity index (χ1v) is 5.77. The summed E-state index contributed by atoms with van der Waals surface area (Å²) in [6.45, 7) is 7.02. The molecule has 13 heavy (non-hydrogen) atoms. The van der Waals surface area contributed by atoms with Gasteiger partial charge >= 0.3 is 0 Å². The minimum atomic E-state index is 0.0535. The number of rotatable bonds is 1. The fraction of sp³-hybridized carbons (Fsp3) is 1.00. The van der Waals surface area contributed by atoms with Gasteiger partial charge < -0.3 is 4.18 Å². The molecule has 3 aliphatic carbocycles. The van der Waals surface area contributed by atoms with Crippen LogP contribution in [-0.2, 0) is 4.18 Å². The fourth-order valence-electron chi connectivity index (χ4n) is 3.64. The molecule has 3 rings (SSSR count). The molecule has 76 valence electrons. The van der Waals surface area contributed by atoms with Crippen molar-refractivity contribution in [1.82, 2.24) is 0 Å². The highest BCUT2D eigenvalue weighted by Gasteiger charge is 2.51. The summed E-state index contributed by atoms with van der Waals surface area (Å²) in [5, 5.41) is 0. The zero-order valence-corrected chi connectivity index (χ0v) is 9.68. The van der Waals surface area contributed by atoms with Gasteiger partial charge in [-0.1, -0.05) is 13.8 Å². The molecule has 5 unspecified atom stereocenters. The third kappa shape index (κ3) is 1.33. The summed E-state index contributed by atoms with van der Waals surface area (Å²) in [6, 6.07) is 0. The van der Waals surface area contributed by atoms with E-state index in [9.17, 15) is 0 Å². The zero-order valence-electron chi connectivity index (χ0n) is 8.79. The Bertz CT molecular complexity index is 204. The Balaban J connectivity index is 2.23. The third-order valence-corrected chi connectivity index (χ3v) is 5.13. The van der Waals surface area contributed by atoms with Crippen molar-refractivity contribution in [3.63, 3.8) is 0 Å². The first kappa shape index (κ1) is 9.85. The number of hydrogen-bond acceptors (Lipinski definition) is 2. The minimum Gasteiger partial charge on any atom is -0.312 e. The van der Waals surface area contributed by atoms with Gasteiger partial charge in [-0.05, 0) is 62.8 Å². The summed E-state index contributed by atoms with van der Waals surface area (Å²) in [5.41, 5.74) is 0.0535. The van der Waals surface area contributed by atoms with E-state index in [2.05, 4.69) is 33.7 Å². The van der Waals surface area contributed by atoms with Gasteiger partial charge in [0.25, 0.3) is 0 Å². The van der Waals surface area contributed by atoms with Crippen LogP contribution < -0.4 is 0 Å². The average Bonchev–Trinajstić information content (AvgIpc) is 2.13. The summed E-state index contributed by atoms with van der Waals surface area (Å²) in [7, 11) is 0. The van der Waals surface area contributed by atoms with Crippen molar-refractivity contribution in [2.45, 2.75) is 45.6 Å². The van der Waals surface area contributed by atoms with Crippen LogP contribution in [0, 0.1) is 23.7 Å². The van der Waals surface area contributed by atoms with E-state index in [0.717, 1.165) is 23.7 Å². The quantitative estimate of drug-likeness (QED) is 0.505. The standard InChI is InChI=1S/C11H20OS/c1-7-8(2)10-5-4-9(7)6-11(10,3)12-13/h7-10,13H,4-6H2,1-3H3. The molecule has 2 bridgehead atoms. The van der Waals surface area contributed by atoms with Crippen molar-refractivity contribution in [3.05, 3.63) is 0 Å². The van der Waals surface area contributed by atoms with Gasteiger partial charge in [0.1, 0.15) is 0 Å². The van der Waals surface area contributed by atoms with E-state index in [1.54, 1.807) is 0 Å². The van der Waals surface area contributed by atoms with Crippen molar-refractivity contribution < 1.29 is 4.18 Å². The van der Waals surface area contributed by atoms with Gasteiger partial charge in [-0.15, -0.1) is 0 Å². The summed E-state index contributed by atoms with van der Waals surface area (Å²) in [5.74, 6) is 3.29. The lowest BCUT2D eigenvalue weighted by atomic mass is 9.54. The first-order valence-electron chi connectivity index (χ1n) is 5.41. The molecule has 0 radical (unpaired) electrons. The summed E-state index contributed by atoms with van der Waals surface area (Å²) in [4.78, 5) is 0. The van der Waals surface area contributed by atoms with Crippen LogP contribution in [-0.4, -0.2) is 5.60 Å². The SMILES string of the molecule is CC1C2CCC(C1C)C(C)(OS)C2. The van der Waals surface area contributed by atoms with E-state index < -0.39 is 0 Å². The lowest BCUT2D eigenvalue weighted by Crippen LogP contribution is -2.53. The Hall–Kier alpha value is 0.310. The Morgan fingerprint density at radius 2 is 1.92 bits per heavy atom. The molecular weight excluding hydrogens is 180 g/mol. The average molecular weight is 200 g/mol. The van der Waals surface area contributed by atoms with Crippen molar-refractivity contribution in [2.24, 2.45) is 23.7 Å². The molecule has 2 heteroatoms. The maximum atomic E-state index is 5.43. The topological polar surface area (TPSA) is 9.23 Å². The van der Waals surface area contributed by atoms with Crippen molar-refractivity contribution >= 4 is 12.9 Å². The van der Waals surface area contributed by atoms with Crippen LogP contribution in [0.4, 0.5) is 0 Å². The molecular formula is C11H20OS. The lowest BCUT2D eigenvalue weighted by Gasteiger charge is -2.55. The Morgan fingerprint density at radius 1 is 1.23 bits per heavy atom. The first-order chi connectivity index (χ1) is 6.08. The molecule has 5 atom stereocenters. The van der Waals surface area contributed by atoms with E-state index in [1.807, 2.05) is 0 Å². The lowest BCUT2D eigenvalue weighted by molar-refractivity contribution is -0.107. The van der Waals surface area contributed by atoms with Crippen molar-refractivity contribution in [2.75, 3.05) is 0 Å². The molecule has 0 aromatic rings.